The van der Waals surface area contributed by atoms with Crippen molar-refractivity contribution in [2.45, 2.75) is 52.4 Å². The maximum absolute atomic E-state index is 12.5. The van der Waals surface area contributed by atoms with E-state index in [-0.39, 0.29) is 23.7 Å². The van der Waals surface area contributed by atoms with Crippen molar-refractivity contribution in [3.05, 3.63) is 123 Å². The van der Waals surface area contributed by atoms with Crippen LogP contribution in [0.15, 0.2) is 95.6 Å². The van der Waals surface area contributed by atoms with Crippen LogP contribution in [0.2, 0.25) is 0 Å². The molecule has 4 nitrogen and oxygen atoms in total. The van der Waals surface area contributed by atoms with E-state index >= 15 is 0 Å². The third-order valence-corrected chi connectivity index (χ3v) is 7.12. The highest BCUT2D eigenvalue weighted by Gasteiger charge is 2.15. The number of allylic oxidation sites excluding steroid dienone is 6. The molecule has 0 saturated carbocycles. The normalized spacial score (nSPS) is 14.5. The smallest absolute Gasteiger partial charge is 0.137 e. The average molecular weight is 506 g/mol. The summed E-state index contributed by atoms with van der Waals surface area (Å²) in [6.07, 6.45) is 9.60. The molecule has 0 heterocycles. The Balaban J connectivity index is 1.36. The van der Waals surface area contributed by atoms with Crippen molar-refractivity contribution >= 4 is 17.6 Å². The molecule has 0 bridgehead atoms. The molecule has 0 spiro atoms. The minimum atomic E-state index is 0.120. The second-order valence-corrected chi connectivity index (χ2v) is 10.1. The number of aryl methyl sites for hydroxylation is 3. The fourth-order valence-electron chi connectivity index (χ4n) is 4.76. The molecule has 4 rings (SSSR count). The number of Topliss-reactive ketones (excluding diaryl/α,β-unsaturated/α-hetero) is 1. The molecular weight excluding hydrogens is 470 g/mol. The van der Waals surface area contributed by atoms with E-state index in [2.05, 4.69) is 36.4 Å². The average Bonchev–Trinajstić information content (AvgIpc) is 2.92. The minimum Gasteiger partial charge on any atom is -0.508 e. The van der Waals surface area contributed by atoms with E-state index in [1.807, 2.05) is 44.2 Å². The van der Waals surface area contributed by atoms with Crippen molar-refractivity contribution in [1.29, 1.82) is 5.41 Å². The summed E-state index contributed by atoms with van der Waals surface area (Å²) < 4.78 is 0. The maximum Gasteiger partial charge on any atom is 0.137 e. The van der Waals surface area contributed by atoms with Crippen LogP contribution in [-0.2, 0) is 24.1 Å². The van der Waals surface area contributed by atoms with Crippen molar-refractivity contribution in [3.8, 4) is 11.5 Å². The Morgan fingerprint density at radius 1 is 0.895 bits per heavy atom. The molecule has 4 heteroatoms. The van der Waals surface area contributed by atoms with E-state index in [0.717, 1.165) is 52.7 Å². The molecule has 0 aromatic heterocycles. The van der Waals surface area contributed by atoms with Gasteiger partial charge in [0.05, 0.1) is 0 Å². The quantitative estimate of drug-likeness (QED) is 0.250. The van der Waals surface area contributed by atoms with Crippen LogP contribution in [0.3, 0.4) is 0 Å². The van der Waals surface area contributed by atoms with E-state index in [1.54, 1.807) is 12.1 Å². The zero-order valence-electron chi connectivity index (χ0n) is 22.1. The summed E-state index contributed by atoms with van der Waals surface area (Å²) >= 11 is 0. The Morgan fingerprint density at radius 3 is 2.29 bits per heavy atom. The van der Waals surface area contributed by atoms with E-state index in [9.17, 15) is 15.0 Å². The number of phenolic OH excluding ortho intramolecular Hbond substituents is 2. The number of ketones is 1. The van der Waals surface area contributed by atoms with Crippen LogP contribution >= 0.6 is 0 Å². The molecule has 38 heavy (non-hydrogen) atoms. The largest absolute Gasteiger partial charge is 0.508 e. The molecule has 1 aliphatic rings. The first-order chi connectivity index (χ1) is 18.3. The van der Waals surface area contributed by atoms with Gasteiger partial charge >= 0.3 is 0 Å². The summed E-state index contributed by atoms with van der Waals surface area (Å²) in [5, 5.41) is 28.1. The number of hydrogen-bond donors (Lipinski definition) is 3. The van der Waals surface area contributed by atoms with Gasteiger partial charge in [0.15, 0.2) is 0 Å². The summed E-state index contributed by atoms with van der Waals surface area (Å²) in [6, 6.07) is 21.3. The lowest BCUT2D eigenvalue weighted by atomic mass is 9.86. The van der Waals surface area contributed by atoms with Gasteiger partial charge in [0.1, 0.15) is 17.3 Å². The van der Waals surface area contributed by atoms with Crippen LogP contribution in [0.25, 0.3) is 5.57 Å². The summed E-state index contributed by atoms with van der Waals surface area (Å²) in [7, 11) is 0. The van der Waals surface area contributed by atoms with Crippen LogP contribution < -0.4 is 0 Å². The van der Waals surface area contributed by atoms with E-state index < -0.39 is 0 Å². The Morgan fingerprint density at radius 2 is 1.61 bits per heavy atom. The summed E-state index contributed by atoms with van der Waals surface area (Å²) in [4.78, 5) is 12.5. The van der Waals surface area contributed by atoms with Crippen LogP contribution in [0.1, 0.15) is 54.0 Å². The van der Waals surface area contributed by atoms with Crippen LogP contribution in [0, 0.1) is 12.3 Å². The number of carbonyl (C=O) groups is 1. The SMILES string of the molecule is C/C(C=N)=C1\C=C(c2ccccc2O)C=C(CCc2ccc(CCC(=O)Cc3ccc(C)cc3O)cc2)C1. The van der Waals surface area contributed by atoms with Gasteiger partial charge in [-0.2, -0.15) is 0 Å². The molecule has 0 amide bonds. The third-order valence-electron chi connectivity index (χ3n) is 7.12. The molecule has 0 saturated heterocycles. The fourth-order valence-corrected chi connectivity index (χ4v) is 4.76. The van der Waals surface area contributed by atoms with Crippen molar-refractivity contribution in [2.75, 3.05) is 0 Å². The Hall–Kier alpha value is -4.18. The van der Waals surface area contributed by atoms with Gasteiger partial charge in [-0.05, 0) is 85.1 Å². The predicted octanol–water partition coefficient (Wildman–Crippen LogP) is 7.46. The number of hydrogen-bond acceptors (Lipinski definition) is 4. The number of benzene rings is 3. The summed E-state index contributed by atoms with van der Waals surface area (Å²) in [6.45, 7) is 3.87. The highest BCUT2D eigenvalue weighted by atomic mass is 16.3. The third kappa shape index (κ3) is 6.98. The first-order valence-corrected chi connectivity index (χ1v) is 13.1. The Labute approximate surface area is 225 Å². The van der Waals surface area contributed by atoms with Crippen molar-refractivity contribution < 1.29 is 15.0 Å². The monoisotopic (exact) mass is 505 g/mol. The number of nitrogens with one attached hydrogen (secondary N) is 1. The molecule has 1 aliphatic carbocycles. The zero-order chi connectivity index (χ0) is 27.1. The van der Waals surface area contributed by atoms with Gasteiger partial charge in [-0.3, -0.25) is 4.79 Å². The molecule has 3 N–H and O–H groups in total. The molecule has 0 unspecified atom stereocenters. The number of carbonyl (C=O) groups excluding carboxylic acids is 1. The van der Waals surface area contributed by atoms with Crippen LogP contribution in [-0.4, -0.2) is 22.2 Å². The van der Waals surface area contributed by atoms with Crippen molar-refractivity contribution in [2.24, 2.45) is 0 Å². The van der Waals surface area contributed by atoms with Crippen molar-refractivity contribution in [1.82, 2.24) is 0 Å². The maximum atomic E-state index is 12.5. The molecule has 3 aromatic carbocycles. The molecule has 3 aromatic rings. The first-order valence-electron chi connectivity index (χ1n) is 13.1. The van der Waals surface area contributed by atoms with Crippen LogP contribution in [0.5, 0.6) is 11.5 Å². The van der Waals surface area contributed by atoms with Gasteiger partial charge in [-0.1, -0.05) is 72.3 Å². The highest BCUT2D eigenvalue weighted by molar-refractivity contribution is 5.85. The second kappa shape index (κ2) is 12.4. The molecule has 0 radical (unpaired) electrons. The number of rotatable bonds is 10. The van der Waals surface area contributed by atoms with Gasteiger partial charge in [0.2, 0.25) is 0 Å². The Kier molecular flexibility index (Phi) is 8.75. The topological polar surface area (TPSA) is 81.4 Å². The van der Waals surface area contributed by atoms with Crippen molar-refractivity contribution in [3.63, 3.8) is 0 Å². The van der Waals surface area contributed by atoms with Crippen LogP contribution in [0.4, 0.5) is 0 Å². The van der Waals surface area contributed by atoms with Gasteiger partial charge in [-0.15, -0.1) is 0 Å². The molecule has 0 fully saturated rings. The summed E-state index contributed by atoms with van der Waals surface area (Å²) in [5.74, 6) is 0.567. The molecule has 0 aliphatic heterocycles. The zero-order valence-corrected chi connectivity index (χ0v) is 22.1. The lowest BCUT2D eigenvalue weighted by Gasteiger charge is -2.19. The first kappa shape index (κ1) is 26.9. The van der Waals surface area contributed by atoms with E-state index in [1.165, 1.54) is 17.4 Å². The Bertz CT molecular complexity index is 1420. The fraction of sp³-hybridized carbons (Fsp3) is 0.235. The van der Waals surface area contributed by atoms with Gasteiger partial charge in [0, 0.05) is 30.2 Å². The minimum absolute atomic E-state index is 0.120. The lowest BCUT2D eigenvalue weighted by Crippen LogP contribution is -2.05. The number of phenols is 2. The molecule has 194 valence electrons. The number of aromatic hydroxyl groups is 2. The number of para-hydroxylation sites is 1. The van der Waals surface area contributed by atoms with Gasteiger partial charge < -0.3 is 15.6 Å². The summed E-state index contributed by atoms with van der Waals surface area (Å²) in [5.41, 5.74) is 9.11. The van der Waals surface area contributed by atoms with E-state index in [4.69, 9.17) is 5.41 Å². The van der Waals surface area contributed by atoms with Gasteiger partial charge in [0.25, 0.3) is 0 Å². The lowest BCUT2D eigenvalue weighted by molar-refractivity contribution is -0.118. The predicted molar refractivity (Wildman–Crippen MR) is 155 cm³/mol. The van der Waals surface area contributed by atoms with Gasteiger partial charge in [-0.25, -0.2) is 0 Å². The molecule has 0 atom stereocenters. The van der Waals surface area contributed by atoms with E-state index in [0.29, 0.717) is 18.4 Å². The second-order valence-electron chi connectivity index (χ2n) is 10.1. The standard InChI is InChI=1S/C34H35NO3/c1-23-7-15-28(34(38)17-23)21-31(36)16-14-26-10-8-25(9-11-26)12-13-27-18-29(24(2)22-35)20-30(19-27)32-5-3-4-6-33(32)37/h3-11,15,17,19-20,22,35,37-38H,12-14,16,18,21H2,1-2H3/b29-24+,35-22?. The molecular formula is C34H35NO3. The highest BCUT2D eigenvalue weighted by Crippen LogP contribution is 2.35.